The minimum absolute atomic E-state index is 0.0765. The van der Waals surface area contributed by atoms with Crippen molar-refractivity contribution in [3.8, 4) is 5.75 Å². The van der Waals surface area contributed by atoms with Crippen LogP contribution in [0.1, 0.15) is 12.0 Å². The van der Waals surface area contributed by atoms with Gasteiger partial charge in [-0.05, 0) is 68.5 Å². The number of pyridine rings is 1. The standard InChI is InChI=1S/C25H30N4O2/c1-28(2)16-7-17-31-24-13-11-22(12-14-24)27-25(30)20-29(23-9-4-3-5-10-23)19-21-8-6-15-26-18-21/h3-6,8-15,18H,7,16-17,19-20H2,1-2H3,(H,27,30). The number of benzene rings is 2. The maximum atomic E-state index is 12.7. The Morgan fingerprint density at radius 3 is 2.45 bits per heavy atom. The molecule has 0 fully saturated rings. The van der Waals surface area contributed by atoms with Gasteiger partial charge in [-0.2, -0.15) is 0 Å². The van der Waals surface area contributed by atoms with Crippen molar-refractivity contribution in [2.75, 3.05) is 44.0 Å². The number of aromatic nitrogens is 1. The third-order valence-electron chi connectivity index (χ3n) is 4.71. The van der Waals surface area contributed by atoms with Gasteiger partial charge in [0.05, 0.1) is 13.2 Å². The highest BCUT2D eigenvalue weighted by Gasteiger charge is 2.13. The molecule has 6 heteroatoms. The molecule has 0 aliphatic heterocycles. The Balaban J connectivity index is 1.56. The summed E-state index contributed by atoms with van der Waals surface area (Å²) in [5.74, 6) is 0.728. The van der Waals surface area contributed by atoms with Gasteiger partial charge in [-0.3, -0.25) is 9.78 Å². The van der Waals surface area contributed by atoms with Gasteiger partial charge in [0.15, 0.2) is 0 Å². The minimum atomic E-state index is -0.0765. The van der Waals surface area contributed by atoms with Crippen LogP contribution < -0.4 is 15.0 Å². The number of nitrogens with one attached hydrogen (secondary N) is 1. The highest BCUT2D eigenvalue weighted by molar-refractivity contribution is 5.94. The molecule has 0 aliphatic rings. The second kappa shape index (κ2) is 11.7. The van der Waals surface area contributed by atoms with Crippen molar-refractivity contribution in [3.05, 3.63) is 84.7 Å². The van der Waals surface area contributed by atoms with E-state index in [9.17, 15) is 4.79 Å². The fraction of sp³-hybridized carbons (Fsp3) is 0.280. The minimum Gasteiger partial charge on any atom is -0.494 e. The topological polar surface area (TPSA) is 57.7 Å². The summed E-state index contributed by atoms with van der Waals surface area (Å²) in [6.45, 7) is 2.50. The molecule has 1 amide bonds. The number of rotatable bonds is 11. The van der Waals surface area contributed by atoms with Gasteiger partial charge >= 0.3 is 0 Å². The van der Waals surface area contributed by atoms with E-state index in [4.69, 9.17) is 4.74 Å². The molecule has 0 bridgehead atoms. The molecule has 6 nitrogen and oxygen atoms in total. The zero-order valence-electron chi connectivity index (χ0n) is 18.2. The molecule has 1 heterocycles. The number of hydrogen-bond donors (Lipinski definition) is 1. The molecule has 2 aromatic carbocycles. The SMILES string of the molecule is CN(C)CCCOc1ccc(NC(=O)CN(Cc2cccnc2)c2ccccc2)cc1. The van der Waals surface area contributed by atoms with Gasteiger partial charge in [0.25, 0.3) is 0 Å². The predicted molar refractivity (Wildman–Crippen MR) is 125 cm³/mol. The fourth-order valence-electron chi connectivity index (χ4n) is 3.17. The lowest BCUT2D eigenvalue weighted by molar-refractivity contribution is -0.115. The molecular formula is C25H30N4O2. The van der Waals surface area contributed by atoms with Crippen LogP contribution in [-0.4, -0.2) is 49.6 Å². The molecule has 162 valence electrons. The van der Waals surface area contributed by atoms with E-state index in [2.05, 4.69) is 15.2 Å². The normalized spacial score (nSPS) is 10.7. The van der Waals surface area contributed by atoms with E-state index in [1.165, 1.54) is 0 Å². The lowest BCUT2D eigenvalue weighted by Crippen LogP contribution is -2.32. The number of para-hydroxylation sites is 1. The van der Waals surface area contributed by atoms with Gasteiger partial charge in [0, 0.05) is 36.9 Å². The van der Waals surface area contributed by atoms with Crippen molar-refractivity contribution in [3.63, 3.8) is 0 Å². The molecule has 0 unspecified atom stereocenters. The van der Waals surface area contributed by atoms with Gasteiger partial charge in [0.1, 0.15) is 5.75 Å². The van der Waals surface area contributed by atoms with Crippen LogP contribution in [0.5, 0.6) is 5.75 Å². The average Bonchev–Trinajstić information content (AvgIpc) is 2.78. The lowest BCUT2D eigenvalue weighted by Gasteiger charge is -2.24. The summed E-state index contributed by atoms with van der Waals surface area (Å²) < 4.78 is 5.75. The number of carbonyl (C=O) groups is 1. The third kappa shape index (κ3) is 7.75. The molecule has 0 saturated heterocycles. The second-order valence-corrected chi connectivity index (χ2v) is 7.63. The van der Waals surface area contributed by atoms with E-state index in [1.807, 2.05) is 91.9 Å². The van der Waals surface area contributed by atoms with Crippen molar-refractivity contribution in [1.29, 1.82) is 0 Å². The number of ether oxygens (including phenoxy) is 1. The molecule has 0 radical (unpaired) electrons. The first-order chi connectivity index (χ1) is 15.1. The van der Waals surface area contributed by atoms with E-state index in [-0.39, 0.29) is 12.5 Å². The van der Waals surface area contributed by atoms with Crippen LogP contribution >= 0.6 is 0 Å². The van der Waals surface area contributed by atoms with Gasteiger partial charge < -0.3 is 19.9 Å². The van der Waals surface area contributed by atoms with E-state index in [1.54, 1.807) is 6.20 Å². The Labute approximate surface area is 184 Å². The number of carbonyl (C=O) groups excluding carboxylic acids is 1. The molecule has 0 aliphatic carbocycles. The molecule has 31 heavy (non-hydrogen) atoms. The Morgan fingerprint density at radius 2 is 1.77 bits per heavy atom. The summed E-state index contributed by atoms with van der Waals surface area (Å²) in [4.78, 5) is 21.1. The monoisotopic (exact) mass is 418 g/mol. The summed E-state index contributed by atoms with van der Waals surface area (Å²) in [5, 5.41) is 2.98. The largest absolute Gasteiger partial charge is 0.494 e. The summed E-state index contributed by atoms with van der Waals surface area (Å²) in [6, 6.07) is 21.3. The van der Waals surface area contributed by atoms with E-state index < -0.39 is 0 Å². The Kier molecular flexibility index (Phi) is 8.43. The summed E-state index contributed by atoms with van der Waals surface area (Å²) >= 11 is 0. The Bertz CT molecular complexity index is 915. The molecule has 3 aromatic rings. The van der Waals surface area contributed by atoms with Gasteiger partial charge in [0.2, 0.25) is 5.91 Å². The molecule has 3 rings (SSSR count). The van der Waals surface area contributed by atoms with Crippen LogP contribution in [0.2, 0.25) is 0 Å². The molecule has 1 N–H and O–H groups in total. The number of hydrogen-bond acceptors (Lipinski definition) is 5. The van der Waals surface area contributed by atoms with Crippen LogP contribution in [0.3, 0.4) is 0 Å². The molecule has 0 spiro atoms. The van der Waals surface area contributed by atoms with Gasteiger partial charge in [-0.1, -0.05) is 24.3 Å². The highest BCUT2D eigenvalue weighted by Crippen LogP contribution is 2.18. The van der Waals surface area contributed by atoms with Crippen molar-refractivity contribution < 1.29 is 9.53 Å². The maximum absolute atomic E-state index is 12.7. The van der Waals surface area contributed by atoms with Crippen molar-refractivity contribution in [2.45, 2.75) is 13.0 Å². The summed E-state index contributed by atoms with van der Waals surface area (Å²) in [5.41, 5.74) is 2.79. The van der Waals surface area contributed by atoms with Crippen LogP contribution in [0.15, 0.2) is 79.1 Å². The number of nitrogens with zero attached hydrogens (tertiary/aromatic N) is 3. The summed E-state index contributed by atoms with van der Waals surface area (Å²) in [7, 11) is 4.10. The van der Waals surface area contributed by atoms with E-state index in [0.717, 1.165) is 35.7 Å². The fourth-order valence-corrected chi connectivity index (χ4v) is 3.17. The molecule has 0 atom stereocenters. The van der Waals surface area contributed by atoms with Crippen molar-refractivity contribution in [2.24, 2.45) is 0 Å². The predicted octanol–water partition coefficient (Wildman–Crippen LogP) is 4.06. The zero-order valence-corrected chi connectivity index (χ0v) is 18.2. The molecular weight excluding hydrogens is 388 g/mol. The van der Waals surface area contributed by atoms with E-state index >= 15 is 0 Å². The highest BCUT2D eigenvalue weighted by atomic mass is 16.5. The van der Waals surface area contributed by atoms with Crippen molar-refractivity contribution in [1.82, 2.24) is 9.88 Å². The number of amides is 1. The second-order valence-electron chi connectivity index (χ2n) is 7.63. The van der Waals surface area contributed by atoms with Gasteiger partial charge in [-0.15, -0.1) is 0 Å². The van der Waals surface area contributed by atoms with Crippen molar-refractivity contribution >= 4 is 17.3 Å². The maximum Gasteiger partial charge on any atom is 0.243 e. The first-order valence-corrected chi connectivity index (χ1v) is 10.5. The van der Waals surface area contributed by atoms with Gasteiger partial charge in [-0.25, -0.2) is 0 Å². The zero-order chi connectivity index (χ0) is 21.9. The summed E-state index contributed by atoms with van der Waals surface area (Å²) in [6.07, 6.45) is 4.54. The van der Waals surface area contributed by atoms with Crippen LogP contribution in [0.25, 0.3) is 0 Å². The first-order valence-electron chi connectivity index (χ1n) is 10.5. The molecule has 0 saturated carbocycles. The van der Waals surface area contributed by atoms with Crippen LogP contribution in [0, 0.1) is 0 Å². The molecule has 1 aromatic heterocycles. The first kappa shape index (κ1) is 22.3. The Morgan fingerprint density at radius 1 is 1.00 bits per heavy atom. The average molecular weight is 419 g/mol. The Hall–Kier alpha value is -3.38. The smallest absolute Gasteiger partial charge is 0.243 e. The quantitative estimate of drug-likeness (QED) is 0.476. The van der Waals surface area contributed by atoms with Crippen LogP contribution in [0.4, 0.5) is 11.4 Å². The third-order valence-corrected chi connectivity index (χ3v) is 4.71. The van der Waals surface area contributed by atoms with Crippen LogP contribution in [-0.2, 0) is 11.3 Å². The lowest BCUT2D eigenvalue weighted by atomic mass is 10.2. The van der Waals surface area contributed by atoms with E-state index in [0.29, 0.717) is 13.2 Å². The number of anilines is 2.